The number of fused-ring (bicyclic) bond motifs is 1. The standard InChI is InChI=1S/C26H24N2O5S.C10H7NO2S/c29-19-8-6-16(7-9-19)12-20(26(32)28-11-10-22-24(28)21(30)14-33-22)27-25(31)23-13-18(15-34-23)17-4-2-1-3-5-17;12-10(13)9-4-8(6-14-9)7-2-1-3-11-5-7/h1-9,13,15,20,22,24,29H,10-12,14H2,(H,27,31);1-6H,(H,12,13). The van der Waals surface area contributed by atoms with E-state index in [1.54, 1.807) is 47.6 Å². The topological polar surface area (TPSA) is 146 Å². The molecule has 244 valence electrons. The van der Waals surface area contributed by atoms with E-state index in [1.807, 2.05) is 59.3 Å². The Bertz CT molecular complexity index is 1910. The molecule has 2 fully saturated rings. The summed E-state index contributed by atoms with van der Waals surface area (Å²) in [4.78, 5) is 56.1. The lowest BCUT2D eigenvalue weighted by atomic mass is 10.0. The number of pyridine rings is 1. The third-order valence-corrected chi connectivity index (χ3v) is 9.96. The van der Waals surface area contributed by atoms with Gasteiger partial charge in [-0.15, -0.1) is 22.7 Å². The Balaban J connectivity index is 0.000000239. The number of benzene rings is 2. The molecule has 2 saturated heterocycles. The second kappa shape index (κ2) is 14.7. The number of phenols is 1. The highest BCUT2D eigenvalue weighted by Gasteiger charge is 2.48. The summed E-state index contributed by atoms with van der Waals surface area (Å²) in [6.07, 6.45) is 3.98. The normalized spacial score (nSPS) is 17.2. The number of nitrogens with one attached hydrogen (secondary N) is 1. The van der Waals surface area contributed by atoms with E-state index in [1.165, 1.54) is 22.7 Å². The minimum Gasteiger partial charge on any atom is -0.508 e. The molecule has 5 aromatic rings. The van der Waals surface area contributed by atoms with Crippen LogP contribution in [0.3, 0.4) is 0 Å². The van der Waals surface area contributed by atoms with Gasteiger partial charge >= 0.3 is 5.97 Å². The highest BCUT2D eigenvalue weighted by molar-refractivity contribution is 7.12. The van der Waals surface area contributed by atoms with Crippen molar-refractivity contribution in [2.45, 2.75) is 31.0 Å². The van der Waals surface area contributed by atoms with Crippen molar-refractivity contribution < 1.29 is 34.1 Å². The molecule has 2 amide bonds. The first-order chi connectivity index (χ1) is 23.3. The lowest BCUT2D eigenvalue weighted by molar-refractivity contribution is -0.138. The average Bonchev–Trinajstić information content (AvgIpc) is 3.93. The molecule has 7 rings (SSSR count). The molecule has 3 unspecified atom stereocenters. The lowest BCUT2D eigenvalue weighted by Crippen LogP contribution is -2.53. The second-order valence-electron chi connectivity index (χ2n) is 11.3. The first-order valence-corrected chi connectivity index (χ1v) is 16.9. The van der Waals surface area contributed by atoms with Crippen LogP contribution in [0.15, 0.2) is 102 Å². The fraction of sp³-hybridized carbons (Fsp3) is 0.194. The number of Topliss-reactive ketones (excluding diaryl/α,β-unsaturated/α-hetero) is 1. The van der Waals surface area contributed by atoms with Gasteiger partial charge in [-0.2, -0.15) is 0 Å². The predicted octanol–water partition coefficient (Wildman–Crippen LogP) is 5.54. The Morgan fingerprint density at radius 3 is 2.29 bits per heavy atom. The molecular weight excluding hydrogens is 651 g/mol. The number of carbonyl (C=O) groups excluding carboxylic acids is 3. The van der Waals surface area contributed by atoms with Crippen molar-refractivity contribution in [2.24, 2.45) is 0 Å². The summed E-state index contributed by atoms with van der Waals surface area (Å²) in [5.41, 5.74) is 4.58. The summed E-state index contributed by atoms with van der Waals surface area (Å²) < 4.78 is 5.52. The van der Waals surface area contributed by atoms with Crippen molar-refractivity contribution in [3.8, 4) is 28.0 Å². The quantitative estimate of drug-likeness (QED) is 0.194. The minimum atomic E-state index is -0.884. The Morgan fingerprint density at radius 1 is 0.917 bits per heavy atom. The zero-order valence-corrected chi connectivity index (χ0v) is 27.2. The number of carboxylic acid groups (broad SMARTS) is 1. The summed E-state index contributed by atoms with van der Waals surface area (Å²) in [6.45, 7) is 0.435. The molecule has 0 aliphatic carbocycles. The van der Waals surface area contributed by atoms with Crippen LogP contribution in [0, 0.1) is 0 Å². The number of aromatic carboxylic acids is 1. The Kier molecular flexibility index (Phi) is 10.0. The Morgan fingerprint density at radius 2 is 1.60 bits per heavy atom. The highest BCUT2D eigenvalue weighted by atomic mass is 32.1. The first-order valence-electron chi connectivity index (χ1n) is 15.2. The van der Waals surface area contributed by atoms with Crippen molar-refractivity contribution in [3.63, 3.8) is 0 Å². The van der Waals surface area contributed by atoms with Gasteiger partial charge < -0.3 is 25.2 Å². The molecule has 48 heavy (non-hydrogen) atoms. The number of ketones is 1. The molecule has 0 spiro atoms. The van der Waals surface area contributed by atoms with Gasteiger partial charge in [-0.3, -0.25) is 19.4 Å². The van der Waals surface area contributed by atoms with Gasteiger partial charge in [0.2, 0.25) is 5.91 Å². The van der Waals surface area contributed by atoms with E-state index in [-0.39, 0.29) is 42.5 Å². The van der Waals surface area contributed by atoms with Crippen LogP contribution in [-0.4, -0.2) is 75.0 Å². The fourth-order valence-corrected chi connectivity index (χ4v) is 7.28. The number of phenolic OH excluding ortho intramolecular Hbond substituents is 1. The van der Waals surface area contributed by atoms with Gasteiger partial charge in [-0.25, -0.2) is 4.79 Å². The molecule has 3 atom stereocenters. The van der Waals surface area contributed by atoms with Crippen molar-refractivity contribution in [3.05, 3.63) is 117 Å². The van der Waals surface area contributed by atoms with Gasteiger partial charge in [-0.1, -0.05) is 48.5 Å². The Labute approximate surface area is 284 Å². The van der Waals surface area contributed by atoms with Crippen LogP contribution in [0.2, 0.25) is 0 Å². The average molecular weight is 682 g/mol. The number of likely N-dealkylation sites (tertiary alicyclic amines) is 1. The lowest BCUT2D eigenvalue weighted by Gasteiger charge is -2.27. The molecule has 0 radical (unpaired) electrons. The number of aromatic hydroxyl groups is 1. The van der Waals surface area contributed by atoms with Crippen LogP contribution in [0.25, 0.3) is 22.3 Å². The predicted molar refractivity (Wildman–Crippen MR) is 182 cm³/mol. The third-order valence-electron chi connectivity index (χ3n) is 8.11. The number of thiophene rings is 2. The molecule has 2 aliphatic rings. The number of carbonyl (C=O) groups is 4. The van der Waals surface area contributed by atoms with E-state index in [9.17, 15) is 24.3 Å². The zero-order chi connectivity index (χ0) is 33.6. The largest absolute Gasteiger partial charge is 0.508 e. The second-order valence-corrected chi connectivity index (χ2v) is 13.1. The number of carboxylic acids is 1. The number of amides is 2. The van der Waals surface area contributed by atoms with Crippen LogP contribution in [-0.2, 0) is 20.7 Å². The smallest absolute Gasteiger partial charge is 0.345 e. The fourth-order valence-electron chi connectivity index (χ4n) is 5.71. The molecule has 5 heterocycles. The molecule has 3 N–H and O–H groups in total. The van der Waals surface area contributed by atoms with Crippen molar-refractivity contribution in [1.29, 1.82) is 0 Å². The third kappa shape index (κ3) is 7.52. The maximum atomic E-state index is 13.6. The van der Waals surface area contributed by atoms with Gasteiger partial charge in [0.05, 0.1) is 11.0 Å². The van der Waals surface area contributed by atoms with Crippen LogP contribution < -0.4 is 5.32 Å². The molecule has 0 saturated carbocycles. The van der Waals surface area contributed by atoms with Crippen LogP contribution in [0.5, 0.6) is 5.75 Å². The Hall–Kier alpha value is -5.17. The molecule has 12 heteroatoms. The van der Waals surface area contributed by atoms with Gasteiger partial charge in [0, 0.05) is 30.9 Å². The van der Waals surface area contributed by atoms with Crippen molar-refractivity contribution in [2.75, 3.05) is 13.2 Å². The van der Waals surface area contributed by atoms with E-state index in [4.69, 9.17) is 9.84 Å². The molecule has 2 aromatic carbocycles. The number of hydrogen-bond acceptors (Lipinski definition) is 9. The number of nitrogens with zero attached hydrogens (tertiary/aromatic N) is 2. The molecule has 2 aliphatic heterocycles. The van der Waals surface area contributed by atoms with Gasteiger partial charge in [-0.05, 0) is 69.8 Å². The van der Waals surface area contributed by atoms with Gasteiger partial charge in [0.25, 0.3) is 5.91 Å². The number of ether oxygens (including phenoxy) is 1. The summed E-state index contributed by atoms with van der Waals surface area (Å²) in [7, 11) is 0. The number of rotatable bonds is 8. The first kappa shape index (κ1) is 32.8. The maximum Gasteiger partial charge on any atom is 0.345 e. The minimum absolute atomic E-state index is 0.0194. The van der Waals surface area contributed by atoms with Crippen LogP contribution in [0.4, 0.5) is 0 Å². The van der Waals surface area contributed by atoms with E-state index in [0.29, 0.717) is 22.7 Å². The number of aromatic nitrogens is 1. The molecule has 10 nitrogen and oxygen atoms in total. The van der Waals surface area contributed by atoms with E-state index in [2.05, 4.69) is 10.3 Å². The molecule has 0 bridgehead atoms. The summed E-state index contributed by atoms with van der Waals surface area (Å²) >= 11 is 2.54. The summed E-state index contributed by atoms with van der Waals surface area (Å²) in [5, 5.41) is 25.0. The van der Waals surface area contributed by atoms with Gasteiger partial charge in [0.15, 0.2) is 5.78 Å². The SMILES string of the molecule is O=C(NC(Cc1ccc(O)cc1)C(=O)N1CCC2OCC(=O)C21)c1cc(-c2ccccc2)cs1.O=C(O)c1cc(-c2cccnc2)cs1. The van der Waals surface area contributed by atoms with Gasteiger partial charge in [0.1, 0.15) is 29.3 Å². The summed E-state index contributed by atoms with van der Waals surface area (Å²) in [6, 6.07) is 22.1. The van der Waals surface area contributed by atoms with Crippen LogP contribution >= 0.6 is 22.7 Å². The molecular formula is C36H31N3O7S2. The van der Waals surface area contributed by atoms with Crippen LogP contribution in [0.1, 0.15) is 31.3 Å². The molecule has 3 aromatic heterocycles. The monoisotopic (exact) mass is 681 g/mol. The highest BCUT2D eigenvalue weighted by Crippen LogP contribution is 2.29. The number of hydrogen-bond donors (Lipinski definition) is 3. The zero-order valence-electron chi connectivity index (χ0n) is 25.5. The van der Waals surface area contributed by atoms with E-state index >= 15 is 0 Å². The van der Waals surface area contributed by atoms with Crippen molar-refractivity contribution in [1.82, 2.24) is 15.2 Å². The maximum absolute atomic E-state index is 13.6. The van der Waals surface area contributed by atoms with Crippen molar-refractivity contribution >= 4 is 46.2 Å². The van der Waals surface area contributed by atoms with E-state index < -0.39 is 18.1 Å². The summed E-state index contributed by atoms with van der Waals surface area (Å²) in [5.74, 6) is -1.50. The van der Waals surface area contributed by atoms with E-state index in [0.717, 1.165) is 27.8 Å².